The Hall–Kier alpha value is -14.7. The standard InChI is InChI=1S/C99H72N12O3/c1-97(2)67-25-7-10-28-73(67)109(76-46-43-64(58-70(76)97)106-79-31-13-19-37-85(79)112-86-38-20-14-32-80(86)106)91-49-52-100-94(103-91)61-55-62(95-101-53-50-92(104-95)110-74-29-11-8-26-68(74)98(3,4)71-59-65(44-47-77(71)110)107-81-33-15-21-39-87(81)113-88-40-22-16-34-82(88)107)57-63(56-61)96-102-54-51-93(105-96)111-75-30-12-9-27-69(75)99(5,6)72-60-66(45-48-78(72)111)108-83-35-17-23-41-89(83)114-90-42-24-18-36-84(90)108/h7-60H,1-6H3. The van der Waals surface area contributed by atoms with Crippen LogP contribution in [0, 0.1) is 0 Å². The second-order valence-electron chi connectivity index (χ2n) is 31.2. The van der Waals surface area contributed by atoms with Crippen LogP contribution in [0.15, 0.2) is 328 Å². The summed E-state index contributed by atoms with van der Waals surface area (Å²) in [6, 6.07) is 108. The Kier molecular flexibility index (Phi) is 14.6. The second-order valence-corrected chi connectivity index (χ2v) is 31.2. The molecule has 3 aromatic heterocycles. The first-order chi connectivity index (χ1) is 55.8. The molecule has 0 saturated heterocycles. The van der Waals surface area contributed by atoms with Gasteiger partial charge in [-0.25, -0.2) is 29.9 Å². The number of ether oxygens (including phenoxy) is 3. The fourth-order valence-corrected chi connectivity index (χ4v) is 18.0. The quantitative estimate of drug-likeness (QED) is 0.136. The summed E-state index contributed by atoms with van der Waals surface area (Å²) in [7, 11) is 0. The van der Waals surface area contributed by atoms with Crippen molar-refractivity contribution in [3.05, 3.63) is 361 Å². The zero-order valence-electron chi connectivity index (χ0n) is 63.3. The third-order valence-electron chi connectivity index (χ3n) is 23.5. The summed E-state index contributed by atoms with van der Waals surface area (Å²) < 4.78 is 19.5. The summed E-state index contributed by atoms with van der Waals surface area (Å²) in [5.41, 5.74) is 22.6. The van der Waals surface area contributed by atoms with Crippen LogP contribution < -0.4 is 43.6 Å². The van der Waals surface area contributed by atoms with Crippen molar-refractivity contribution in [1.82, 2.24) is 29.9 Å². The van der Waals surface area contributed by atoms with Crippen LogP contribution in [0.3, 0.4) is 0 Å². The minimum atomic E-state index is -0.438. The fraction of sp³-hybridized carbons (Fsp3) is 0.0909. The fourth-order valence-electron chi connectivity index (χ4n) is 18.0. The van der Waals surface area contributed by atoms with Crippen LogP contribution in [-0.2, 0) is 16.2 Å². The molecule has 0 aliphatic carbocycles. The maximum atomic E-state index is 6.52. The molecule has 0 bridgehead atoms. The number of hydrogen-bond donors (Lipinski definition) is 0. The zero-order chi connectivity index (χ0) is 76.3. The van der Waals surface area contributed by atoms with Gasteiger partial charge in [0.05, 0.1) is 68.2 Å². The number of rotatable bonds is 9. The Morgan fingerprint density at radius 3 is 0.684 bits per heavy atom. The predicted octanol–water partition coefficient (Wildman–Crippen LogP) is 26.1. The van der Waals surface area contributed by atoms with E-state index in [2.05, 4.69) is 289 Å². The van der Waals surface area contributed by atoms with Gasteiger partial charge in [0.1, 0.15) is 17.5 Å². The van der Waals surface area contributed by atoms with E-state index in [1.807, 2.05) is 110 Å². The van der Waals surface area contributed by atoms with Crippen molar-refractivity contribution >= 4 is 103 Å². The Morgan fingerprint density at radius 2 is 0.430 bits per heavy atom. The molecule has 16 aromatic rings. The summed E-state index contributed by atoms with van der Waals surface area (Å²) in [4.78, 5) is 46.3. The molecule has 114 heavy (non-hydrogen) atoms. The van der Waals surface area contributed by atoms with E-state index in [0.717, 1.165) is 153 Å². The molecule has 0 saturated carbocycles. The molecular weight excluding hydrogens is 1410 g/mol. The van der Waals surface area contributed by atoms with Gasteiger partial charge < -0.3 is 28.9 Å². The van der Waals surface area contributed by atoms with Crippen molar-refractivity contribution in [2.24, 2.45) is 0 Å². The first kappa shape index (κ1) is 66.3. The molecule has 0 amide bonds. The highest BCUT2D eigenvalue weighted by Gasteiger charge is 2.43. The van der Waals surface area contributed by atoms with E-state index in [-0.39, 0.29) is 0 Å². The highest BCUT2D eigenvalue weighted by molar-refractivity contribution is 5.96. The first-order valence-electron chi connectivity index (χ1n) is 38.5. The number of hydrogen-bond acceptors (Lipinski definition) is 15. The Labute approximate surface area is 660 Å². The normalized spacial score (nSPS) is 14.9. The number of anilines is 18. The summed E-state index contributed by atoms with van der Waals surface area (Å²) in [5.74, 6) is 8.26. The van der Waals surface area contributed by atoms with Crippen molar-refractivity contribution < 1.29 is 14.2 Å². The number of nitrogens with zero attached hydrogens (tertiary/aromatic N) is 12. The van der Waals surface area contributed by atoms with Gasteiger partial charge in [-0.15, -0.1) is 0 Å². The van der Waals surface area contributed by atoms with Crippen molar-refractivity contribution in [3.63, 3.8) is 0 Å². The Morgan fingerprint density at radius 1 is 0.211 bits per heavy atom. The maximum absolute atomic E-state index is 6.52. The van der Waals surface area contributed by atoms with Crippen LogP contribution in [-0.4, -0.2) is 29.9 Å². The van der Waals surface area contributed by atoms with Crippen LogP contribution >= 0.6 is 0 Å². The van der Waals surface area contributed by atoms with E-state index in [0.29, 0.717) is 51.6 Å². The average Bonchev–Trinajstić information content (AvgIpc) is 0.725. The maximum Gasteiger partial charge on any atom is 0.161 e. The number of aromatic nitrogens is 6. The largest absolute Gasteiger partial charge is 0.453 e. The zero-order valence-corrected chi connectivity index (χ0v) is 63.3. The van der Waals surface area contributed by atoms with Crippen LogP contribution in [0.25, 0.3) is 34.2 Å². The van der Waals surface area contributed by atoms with E-state index in [1.54, 1.807) is 0 Å². The lowest BCUT2D eigenvalue weighted by atomic mass is 9.73. The predicted molar refractivity (Wildman–Crippen MR) is 454 cm³/mol. The van der Waals surface area contributed by atoms with E-state index in [4.69, 9.17) is 44.1 Å². The monoisotopic (exact) mass is 1480 g/mol. The molecule has 0 radical (unpaired) electrons. The van der Waals surface area contributed by atoms with Gasteiger partial charge in [-0.3, -0.25) is 14.7 Å². The Bertz CT molecular complexity index is 5910. The first-order valence-corrected chi connectivity index (χ1v) is 38.5. The van der Waals surface area contributed by atoms with Gasteiger partial charge in [-0.1, -0.05) is 169 Å². The number of para-hydroxylation sites is 15. The minimum Gasteiger partial charge on any atom is -0.453 e. The molecule has 0 fully saturated rings. The lowest BCUT2D eigenvalue weighted by molar-refractivity contribution is 0.476. The SMILES string of the molecule is CC1(C)c2ccccc2N(c2ccnc(-c3cc(-c4nccc(N5c6ccccc6C(C)(C)c6cc(N7c8ccccc8Oc8ccccc87)ccc65)n4)cc(-c4nccc(N5c6ccccc6C(C)(C)c6cc(N7c8ccccc8Oc8ccccc87)ccc65)n4)c3)n2)c2ccc(N3c4ccccc4Oc4ccccc43)cc21. The van der Waals surface area contributed by atoms with Gasteiger partial charge in [0.15, 0.2) is 52.0 Å². The van der Waals surface area contributed by atoms with Gasteiger partial charge in [0, 0.05) is 68.6 Å². The van der Waals surface area contributed by atoms with E-state index in [9.17, 15) is 0 Å². The van der Waals surface area contributed by atoms with Gasteiger partial charge >= 0.3 is 0 Å². The van der Waals surface area contributed by atoms with Gasteiger partial charge in [-0.2, -0.15) is 0 Å². The van der Waals surface area contributed by atoms with E-state index in [1.165, 1.54) is 0 Å². The molecule has 15 heteroatoms. The third-order valence-corrected chi connectivity index (χ3v) is 23.5. The molecule has 13 aromatic carbocycles. The topological polar surface area (TPSA) is 124 Å². The van der Waals surface area contributed by atoms with Crippen LogP contribution in [0.5, 0.6) is 34.5 Å². The molecular formula is C99H72N12O3. The summed E-state index contributed by atoms with van der Waals surface area (Å²) >= 11 is 0. The van der Waals surface area contributed by atoms with Gasteiger partial charge in [-0.05, 0) is 215 Å². The van der Waals surface area contributed by atoms with Crippen molar-refractivity contribution in [3.8, 4) is 68.7 Å². The highest BCUT2D eigenvalue weighted by atomic mass is 16.5. The molecule has 9 heterocycles. The number of benzene rings is 13. The van der Waals surface area contributed by atoms with Crippen molar-refractivity contribution in [2.45, 2.75) is 57.8 Å². The number of fused-ring (bicyclic) bond motifs is 12. The lowest BCUT2D eigenvalue weighted by Crippen LogP contribution is -2.31. The van der Waals surface area contributed by atoms with E-state index < -0.39 is 16.2 Å². The minimum absolute atomic E-state index is 0.438. The molecule has 6 aliphatic heterocycles. The van der Waals surface area contributed by atoms with Crippen molar-refractivity contribution in [2.75, 3.05) is 29.4 Å². The summed E-state index contributed by atoms with van der Waals surface area (Å²) in [6.45, 7) is 13.9. The molecule has 546 valence electrons. The molecule has 6 aliphatic rings. The summed E-state index contributed by atoms with van der Waals surface area (Å²) in [5, 5.41) is 0. The summed E-state index contributed by atoms with van der Waals surface area (Å²) in [6.07, 6.45) is 5.58. The van der Waals surface area contributed by atoms with Gasteiger partial charge in [0.2, 0.25) is 0 Å². The van der Waals surface area contributed by atoms with Crippen LogP contribution in [0.2, 0.25) is 0 Å². The second kappa shape index (κ2) is 25.2. The molecule has 0 unspecified atom stereocenters. The van der Waals surface area contributed by atoms with E-state index >= 15 is 0 Å². The molecule has 15 nitrogen and oxygen atoms in total. The van der Waals surface area contributed by atoms with Crippen LogP contribution in [0.4, 0.5) is 103 Å². The third kappa shape index (κ3) is 10.2. The molecule has 0 N–H and O–H groups in total. The molecule has 0 atom stereocenters. The lowest BCUT2D eigenvalue weighted by Gasteiger charge is -2.42. The smallest absolute Gasteiger partial charge is 0.161 e. The molecule has 22 rings (SSSR count). The highest BCUT2D eigenvalue weighted by Crippen LogP contribution is 2.61. The van der Waals surface area contributed by atoms with Crippen LogP contribution in [0.1, 0.15) is 74.9 Å². The Balaban J connectivity index is 0.700. The van der Waals surface area contributed by atoms with Gasteiger partial charge in [0.25, 0.3) is 0 Å². The van der Waals surface area contributed by atoms with Crippen molar-refractivity contribution in [1.29, 1.82) is 0 Å². The molecule has 0 spiro atoms. The average molecular weight is 1480 g/mol.